The molecule has 0 spiro atoms. The van der Waals surface area contributed by atoms with Crippen LogP contribution in [0.1, 0.15) is 6.92 Å². The Morgan fingerprint density at radius 3 is 2.19 bits per heavy atom. The minimum atomic E-state index is -1.87. The summed E-state index contributed by atoms with van der Waals surface area (Å²) in [7, 11) is -1.87. The molecule has 0 aromatic heterocycles. The van der Waals surface area contributed by atoms with Crippen LogP contribution in [-0.4, -0.2) is 32.5 Å². The fourth-order valence-corrected chi connectivity index (χ4v) is 1.89. The summed E-state index contributed by atoms with van der Waals surface area (Å²) in [4.78, 5) is 22.0. The Hall–Kier alpha value is -1.36. The average molecular weight is 242 g/mol. The Labute approximate surface area is 96.9 Å². The first kappa shape index (κ1) is 14.6. The highest BCUT2D eigenvalue weighted by atomic mass is 28.3. The molecule has 0 aliphatic rings. The molecule has 0 saturated heterocycles. The Morgan fingerprint density at radius 1 is 1.25 bits per heavy atom. The van der Waals surface area contributed by atoms with Crippen molar-refractivity contribution in [3.63, 3.8) is 0 Å². The summed E-state index contributed by atoms with van der Waals surface area (Å²) in [6.45, 7) is 12.3. The first-order chi connectivity index (χ1) is 7.28. The van der Waals surface area contributed by atoms with Crippen LogP contribution in [0, 0.1) is 0 Å². The monoisotopic (exact) mass is 242 g/mol. The largest absolute Gasteiger partial charge is 0.466 e. The molecular weight excluding hydrogens is 224 g/mol. The van der Waals surface area contributed by atoms with Gasteiger partial charge in [-0.05, 0) is 6.92 Å². The maximum Gasteiger partial charge on any atom is 0.332 e. The van der Waals surface area contributed by atoms with E-state index >= 15 is 0 Å². The Bertz CT molecular complexity index is 307. The number of rotatable bonds is 6. The van der Waals surface area contributed by atoms with Crippen LogP contribution in [0.15, 0.2) is 24.8 Å². The zero-order valence-electron chi connectivity index (χ0n) is 10.0. The molecule has 0 radical (unpaired) electrons. The third-order valence-electron chi connectivity index (χ3n) is 1.71. The molecule has 4 nitrogen and oxygen atoms in total. The Morgan fingerprint density at radius 2 is 1.75 bits per heavy atom. The van der Waals surface area contributed by atoms with E-state index in [-0.39, 0.29) is 0 Å². The van der Waals surface area contributed by atoms with E-state index in [0.717, 1.165) is 6.08 Å². The number of hydrogen-bond acceptors (Lipinski definition) is 4. The fourth-order valence-electron chi connectivity index (χ4n) is 0.751. The van der Waals surface area contributed by atoms with E-state index in [2.05, 4.69) is 13.2 Å². The van der Waals surface area contributed by atoms with E-state index in [1.54, 1.807) is 6.92 Å². The van der Waals surface area contributed by atoms with E-state index in [4.69, 9.17) is 9.47 Å². The van der Waals surface area contributed by atoms with Gasteiger partial charge in [-0.3, -0.25) is 0 Å². The van der Waals surface area contributed by atoms with Crippen LogP contribution in [0.25, 0.3) is 0 Å². The lowest BCUT2D eigenvalue weighted by atomic mass is 10.4. The second-order valence-electron chi connectivity index (χ2n) is 4.33. The van der Waals surface area contributed by atoms with Gasteiger partial charge in [0.25, 0.3) is 0 Å². The highest BCUT2D eigenvalue weighted by molar-refractivity contribution is 6.77. The molecule has 0 atom stereocenters. The van der Waals surface area contributed by atoms with Crippen LogP contribution in [0.2, 0.25) is 13.1 Å². The van der Waals surface area contributed by atoms with E-state index in [0.29, 0.717) is 18.0 Å². The summed E-state index contributed by atoms with van der Waals surface area (Å²) in [6, 6.07) is 0. The summed E-state index contributed by atoms with van der Waals surface area (Å²) in [5.74, 6) is -0.859. The minimum Gasteiger partial charge on any atom is -0.466 e. The Kier molecular flexibility index (Phi) is 5.74. The molecule has 0 N–H and O–H groups in total. The standard InChI is InChI=1S/C11H18O4Si/c1-6-10(12)14-7-16(4,5)8-15-11(13)9(2)3/h6H,1-2,7-8H2,3-5H3. The lowest BCUT2D eigenvalue weighted by Gasteiger charge is -2.20. The van der Waals surface area contributed by atoms with Gasteiger partial charge in [-0.15, -0.1) is 0 Å². The van der Waals surface area contributed by atoms with Gasteiger partial charge < -0.3 is 9.47 Å². The SMILES string of the molecule is C=CC(=O)OC[Si](C)(C)COC(=O)C(=C)C. The Balaban J connectivity index is 4.04. The van der Waals surface area contributed by atoms with Gasteiger partial charge in [0, 0.05) is 11.6 Å². The molecule has 0 saturated carbocycles. The van der Waals surface area contributed by atoms with Crippen LogP contribution >= 0.6 is 0 Å². The smallest absolute Gasteiger partial charge is 0.332 e. The number of carbonyl (C=O) groups excluding carboxylic acids is 2. The third kappa shape index (κ3) is 6.18. The highest BCUT2D eigenvalue weighted by Crippen LogP contribution is 2.05. The number of ether oxygens (including phenoxy) is 2. The van der Waals surface area contributed by atoms with Gasteiger partial charge in [-0.1, -0.05) is 26.3 Å². The minimum absolute atomic E-state index is 0.307. The van der Waals surface area contributed by atoms with Crippen LogP contribution < -0.4 is 0 Å². The highest BCUT2D eigenvalue weighted by Gasteiger charge is 2.25. The van der Waals surface area contributed by atoms with Gasteiger partial charge in [0.05, 0.1) is 12.5 Å². The maximum absolute atomic E-state index is 11.2. The van der Waals surface area contributed by atoms with Crippen molar-refractivity contribution in [1.29, 1.82) is 0 Å². The van der Waals surface area contributed by atoms with E-state index in [9.17, 15) is 9.59 Å². The van der Waals surface area contributed by atoms with Crippen molar-refractivity contribution >= 4 is 20.0 Å². The lowest BCUT2D eigenvalue weighted by Crippen LogP contribution is -2.40. The molecule has 0 unspecified atom stereocenters. The lowest BCUT2D eigenvalue weighted by molar-refractivity contribution is -0.137. The predicted octanol–water partition coefficient (Wildman–Crippen LogP) is 1.62. The van der Waals surface area contributed by atoms with Crippen LogP contribution in [-0.2, 0) is 19.1 Å². The molecule has 0 bridgehead atoms. The van der Waals surface area contributed by atoms with Crippen LogP contribution in [0.3, 0.4) is 0 Å². The van der Waals surface area contributed by atoms with Gasteiger partial charge in [0.2, 0.25) is 0 Å². The first-order valence-electron chi connectivity index (χ1n) is 4.90. The van der Waals surface area contributed by atoms with E-state index in [1.807, 2.05) is 13.1 Å². The number of esters is 2. The van der Waals surface area contributed by atoms with Crippen molar-refractivity contribution in [2.45, 2.75) is 20.0 Å². The molecule has 0 heterocycles. The summed E-state index contributed by atoms with van der Waals surface area (Å²) in [5.41, 5.74) is 0.368. The molecule has 0 aliphatic heterocycles. The van der Waals surface area contributed by atoms with Crippen molar-refractivity contribution in [2.24, 2.45) is 0 Å². The fraction of sp³-hybridized carbons (Fsp3) is 0.455. The summed E-state index contributed by atoms with van der Waals surface area (Å²) in [5, 5.41) is 0. The molecule has 5 heteroatoms. The molecule has 0 aromatic carbocycles. The summed E-state index contributed by atoms with van der Waals surface area (Å²) >= 11 is 0. The number of hydrogen-bond donors (Lipinski definition) is 0. The molecule has 0 rings (SSSR count). The summed E-state index contributed by atoms with van der Waals surface area (Å²) < 4.78 is 9.98. The molecule has 0 aliphatic carbocycles. The van der Waals surface area contributed by atoms with Gasteiger partial charge >= 0.3 is 11.9 Å². The molecule has 0 amide bonds. The predicted molar refractivity (Wildman–Crippen MR) is 64.4 cm³/mol. The average Bonchev–Trinajstić information content (AvgIpc) is 2.22. The second-order valence-corrected chi connectivity index (χ2v) is 9.24. The van der Waals surface area contributed by atoms with Gasteiger partial charge in [0.15, 0.2) is 0 Å². The molecule has 0 fully saturated rings. The molecule has 0 aromatic rings. The molecule has 90 valence electrons. The first-order valence-corrected chi connectivity index (χ1v) is 8.32. The van der Waals surface area contributed by atoms with E-state index < -0.39 is 20.0 Å². The summed E-state index contributed by atoms with van der Waals surface area (Å²) in [6.07, 6.45) is 1.73. The van der Waals surface area contributed by atoms with Crippen LogP contribution in [0.4, 0.5) is 0 Å². The van der Waals surface area contributed by atoms with Crippen molar-refractivity contribution in [3.8, 4) is 0 Å². The van der Waals surface area contributed by atoms with Crippen molar-refractivity contribution < 1.29 is 19.1 Å². The maximum atomic E-state index is 11.2. The van der Waals surface area contributed by atoms with Gasteiger partial charge in [0.1, 0.15) is 8.07 Å². The van der Waals surface area contributed by atoms with Gasteiger partial charge in [-0.2, -0.15) is 0 Å². The van der Waals surface area contributed by atoms with Gasteiger partial charge in [-0.25, -0.2) is 9.59 Å². The van der Waals surface area contributed by atoms with Crippen molar-refractivity contribution in [3.05, 3.63) is 24.8 Å². The van der Waals surface area contributed by atoms with Crippen LogP contribution in [0.5, 0.6) is 0 Å². The van der Waals surface area contributed by atoms with Crippen molar-refractivity contribution in [1.82, 2.24) is 0 Å². The topological polar surface area (TPSA) is 52.6 Å². The normalized spacial score (nSPS) is 10.4. The zero-order valence-corrected chi connectivity index (χ0v) is 11.0. The molecule has 16 heavy (non-hydrogen) atoms. The third-order valence-corrected chi connectivity index (χ3v) is 3.57. The van der Waals surface area contributed by atoms with Crippen molar-refractivity contribution in [2.75, 3.05) is 12.5 Å². The quantitative estimate of drug-likeness (QED) is 0.403. The zero-order chi connectivity index (χ0) is 12.8. The number of carbonyl (C=O) groups is 2. The van der Waals surface area contributed by atoms with E-state index in [1.165, 1.54) is 0 Å². The molecular formula is C11H18O4Si. The second kappa shape index (κ2) is 6.27.